The number of aromatic nitrogens is 2. The van der Waals surface area contributed by atoms with Gasteiger partial charge >= 0.3 is 5.97 Å². The van der Waals surface area contributed by atoms with Gasteiger partial charge in [-0.2, -0.15) is 0 Å². The van der Waals surface area contributed by atoms with Crippen LogP contribution in [0, 0.1) is 0 Å². The first-order chi connectivity index (χ1) is 11.5. The maximum Gasteiger partial charge on any atom is 0.356 e. The molecule has 0 atom stereocenters. The largest absolute Gasteiger partial charge is 0.497 e. The summed E-state index contributed by atoms with van der Waals surface area (Å²) in [6.45, 7) is 0. The van der Waals surface area contributed by atoms with E-state index in [1.807, 2.05) is 0 Å². The van der Waals surface area contributed by atoms with Crippen molar-refractivity contribution in [2.24, 2.45) is 0 Å². The molecule has 1 aromatic heterocycles. The lowest BCUT2D eigenvalue weighted by atomic mass is 10.2. The summed E-state index contributed by atoms with van der Waals surface area (Å²) >= 11 is 12.2. The van der Waals surface area contributed by atoms with Crippen molar-refractivity contribution in [3.05, 3.63) is 64.4 Å². The van der Waals surface area contributed by atoms with Gasteiger partial charge in [0.15, 0.2) is 5.69 Å². The van der Waals surface area contributed by atoms with Crippen molar-refractivity contribution in [2.45, 2.75) is 0 Å². The van der Waals surface area contributed by atoms with Gasteiger partial charge in [0.25, 0.3) is 0 Å². The van der Waals surface area contributed by atoms with Crippen LogP contribution in [0.5, 0.6) is 5.75 Å². The number of nitrogens with zero attached hydrogens (tertiary/aromatic N) is 2. The first-order valence-corrected chi connectivity index (χ1v) is 7.67. The second-order valence-corrected chi connectivity index (χ2v) is 5.79. The predicted octanol–water partition coefficient (Wildman–Crippen LogP) is 4.55. The molecule has 0 spiro atoms. The highest BCUT2D eigenvalue weighted by atomic mass is 35.5. The molecule has 2 aromatic carbocycles. The summed E-state index contributed by atoms with van der Waals surface area (Å²) in [6.07, 6.45) is 1.45. The number of rotatable bonds is 4. The van der Waals surface area contributed by atoms with Crippen molar-refractivity contribution >= 4 is 29.2 Å². The quantitative estimate of drug-likeness (QED) is 0.739. The summed E-state index contributed by atoms with van der Waals surface area (Å²) in [7, 11) is 1.58. The second-order valence-electron chi connectivity index (χ2n) is 4.95. The minimum Gasteiger partial charge on any atom is -0.497 e. The summed E-state index contributed by atoms with van der Waals surface area (Å²) in [5.74, 6) is -0.00349. The Kier molecular flexibility index (Phi) is 4.46. The van der Waals surface area contributed by atoms with Gasteiger partial charge in [-0.05, 0) is 42.5 Å². The van der Waals surface area contributed by atoms with Crippen LogP contribution in [-0.4, -0.2) is 27.7 Å². The number of carbonyl (C=O) groups is 1. The molecule has 0 aliphatic heterocycles. The van der Waals surface area contributed by atoms with Crippen LogP contribution in [0.2, 0.25) is 10.0 Å². The standard InChI is InChI=1S/C17H12Cl2N2O3/c1-24-12-5-3-11(4-6-12)21-9-15(17(22)23)20-16(21)13-7-2-10(18)8-14(13)19/h2-9H,1H3,(H,22,23). The zero-order valence-corrected chi connectivity index (χ0v) is 14.0. The van der Waals surface area contributed by atoms with Crippen molar-refractivity contribution in [1.82, 2.24) is 9.55 Å². The van der Waals surface area contributed by atoms with Crippen LogP contribution in [0.4, 0.5) is 0 Å². The fraction of sp³-hybridized carbons (Fsp3) is 0.0588. The van der Waals surface area contributed by atoms with Gasteiger partial charge in [-0.3, -0.25) is 4.57 Å². The third-order valence-corrected chi connectivity index (χ3v) is 4.00. The first-order valence-electron chi connectivity index (χ1n) is 6.92. The number of hydrogen-bond acceptors (Lipinski definition) is 3. The van der Waals surface area contributed by atoms with Crippen LogP contribution < -0.4 is 4.74 Å². The number of carboxylic acid groups (broad SMARTS) is 1. The summed E-state index contributed by atoms with van der Waals surface area (Å²) in [6, 6.07) is 12.1. The molecule has 1 heterocycles. The normalized spacial score (nSPS) is 10.6. The van der Waals surface area contributed by atoms with Gasteiger partial charge in [0.2, 0.25) is 0 Å². The molecule has 0 amide bonds. The summed E-state index contributed by atoms with van der Waals surface area (Å²) in [4.78, 5) is 15.5. The minimum atomic E-state index is -1.12. The van der Waals surface area contributed by atoms with E-state index >= 15 is 0 Å². The van der Waals surface area contributed by atoms with Gasteiger partial charge in [-0.25, -0.2) is 9.78 Å². The number of carboxylic acids is 1. The van der Waals surface area contributed by atoms with Crippen LogP contribution in [0.15, 0.2) is 48.7 Å². The highest BCUT2D eigenvalue weighted by Crippen LogP contribution is 2.31. The number of ether oxygens (including phenoxy) is 1. The van der Waals surface area contributed by atoms with E-state index in [1.165, 1.54) is 6.20 Å². The van der Waals surface area contributed by atoms with Crippen LogP contribution >= 0.6 is 23.2 Å². The van der Waals surface area contributed by atoms with Crippen LogP contribution in [0.1, 0.15) is 10.5 Å². The molecule has 0 saturated heterocycles. The van der Waals surface area contributed by atoms with Crippen molar-refractivity contribution in [2.75, 3.05) is 7.11 Å². The maximum atomic E-state index is 11.3. The lowest BCUT2D eigenvalue weighted by Crippen LogP contribution is -1.97. The van der Waals surface area contributed by atoms with E-state index in [-0.39, 0.29) is 5.69 Å². The van der Waals surface area contributed by atoms with Crippen LogP contribution in [0.25, 0.3) is 17.1 Å². The molecule has 0 unspecified atom stereocenters. The van der Waals surface area contributed by atoms with Gasteiger partial charge in [-0.1, -0.05) is 23.2 Å². The predicted molar refractivity (Wildman–Crippen MR) is 92.5 cm³/mol. The Bertz CT molecular complexity index is 905. The summed E-state index contributed by atoms with van der Waals surface area (Å²) < 4.78 is 6.81. The molecule has 0 aliphatic rings. The highest BCUT2D eigenvalue weighted by molar-refractivity contribution is 6.36. The van der Waals surface area contributed by atoms with E-state index in [2.05, 4.69) is 4.98 Å². The fourth-order valence-corrected chi connectivity index (χ4v) is 2.78. The summed E-state index contributed by atoms with van der Waals surface area (Å²) in [5.41, 5.74) is 1.24. The zero-order valence-electron chi connectivity index (χ0n) is 12.5. The fourth-order valence-electron chi connectivity index (χ4n) is 2.28. The molecule has 0 bridgehead atoms. The van der Waals surface area contributed by atoms with Crippen molar-refractivity contribution < 1.29 is 14.6 Å². The zero-order chi connectivity index (χ0) is 17.3. The van der Waals surface area contributed by atoms with Crippen molar-refractivity contribution in [3.63, 3.8) is 0 Å². The van der Waals surface area contributed by atoms with E-state index in [0.29, 0.717) is 27.2 Å². The van der Waals surface area contributed by atoms with E-state index in [0.717, 1.165) is 5.69 Å². The number of hydrogen-bond donors (Lipinski definition) is 1. The van der Waals surface area contributed by atoms with E-state index in [4.69, 9.17) is 27.9 Å². The average molecular weight is 363 g/mol. The Balaban J connectivity index is 2.18. The molecular formula is C17H12Cl2N2O3. The van der Waals surface area contributed by atoms with E-state index in [1.54, 1.807) is 54.1 Å². The van der Waals surface area contributed by atoms with Crippen molar-refractivity contribution in [3.8, 4) is 22.8 Å². The molecule has 3 aromatic rings. The van der Waals surface area contributed by atoms with Crippen molar-refractivity contribution in [1.29, 1.82) is 0 Å². The average Bonchev–Trinajstić information content (AvgIpc) is 3.00. The summed E-state index contributed by atoms with van der Waals surface area (Å²) in [5, 5.41) is 10.1. The third-order valence-electron chi connectivity index (χ3n) is 3.45. The van der Waals surface area contributed by atoms with Crippen LogP contribution in [-0.2, 0) is 0 Å². The molecule has 122 valence electrons. The van der Waals surface area contributed by atoms with Gasteiger partial charge in [0.1, 0.15) is 11.6 Å². The third kappa shape index (κ3) is 3.09. The SMILES string of the molecule is COc1ccc(-n2cc(C(=O)O)nc2-c2ccc(Cl)cc2Cl)cc1. The molecule has 0 saturated carbocycles. The molecule has 1 N–H and O–H groups in total. The molecule has 0 fully saturated rings. The topological polar surface area (TPSA) is 64.3 Å². The number of methoxy groups -OCH3 is 1. The number of imidazole rings is 1. The molecule has 0 aliphatic carbocycles. The van der Waals surface area contributed by atoms with Gasteiger partial charge in [-0.15, -0.1) is 0 Å². The monoisotopic (exact) mass is 362 g/mol. The molecule has 5 nitrogen and oxygen atoms in total. The Hall–Kier alpha value is -2.50. The first kappa shape index (κ1) is 16.4. The second kappa shape index (κ2) is 6.55. The number of aromatic carboxylic acids is 1. The molecule has 24 heavy (non-hydrogen) atoms. The maximum absolute atomic E-state index is 11.3. The van der Waals surface area contributed by atoms with E-state index < -0.39 is 5.97 Å². The van der Waals surface area contributed by atoms with Gasteiger partial charge < -0.3 is 9.84 Å². The molecule has 3 rings (SSSR count). The smallest absolute Gasteiger partial charge is 0.356 e. The Morgan fingerprint density at radius 1 is 1.17 bits per heavy atom. The highest BCUT2D eigenvalue weighted by Gasteiger charge is 2.18. The number of halogens is 2. The minimum absolute atomic E-state index is 0.0770. The van der Waals surface area contributed by atoms with Gasteiger partial charge in [0, 0.05) is 22.5 Å². The van der Waals surface area contributed by atoms with Gasteiger partial charge in [0.05, 0.1) is 12.1 Å². The lowest BCUT2D eigenvalue weighted by molar-refractivity contribution is 0.0691. The lowest BCUT2D eigenvalue weighted by Gasteiger charge is -2.10. The Morgan fingerprint density at radius 2 is 1.88 bits per heavy atom. The Labute approximate surface area is 148 Å². The Morgan fingerprint density at radius 3 is 2.46 bits per heavy atom. The van der Waals surface area contributed by atoms with E-state index in [9.17, 15) is 9.90 Å². The molecule has 0 radical (unpaired) electrons. The number of benzene rings is 2. The molecular weight excluding hydrogens is 351 g/mol. The van der Waals surface area contributed by atoms with Crippen LogP contribution in [0.3, 0.4) is 0 Å². The molecule has 7 heteroatoms.